The standard InChI is InChI=1S/C24H31N3OS/c1-16(2)23(20-11-9-19(10-12-20)18-7-5-4-6-8-18)25-14-21-13-22(28)27-17(3)15-29-24(27)26-21/h9-13,15-16,18,23,25H,4-8,14H2,1-3H3/t23-/m1/s1. The number of rotatable bonds is 6. The molecule has 0 radical (unpaired) electrons. The molecule has 154 valence electrons. The van der Waals surface area contributed by atoms with E-state index >= 15 is 0 Å². The lowest BCUT2D eigenvalue weighted by Crippen LogP contribution is -2.27. The Morgan fingerprint density at radius 3 is 2.59 bits per heavy atom. The highest BCUT2D eigenvalue weighted by Gasteiger charge is 2.19. The second-order valence-corrected chi connectivity index (χ2v) is 9.52. The van der Waals surface area contributed by atoms with Crippen LogP contribution in [0.4, 0.5) is 0 Å². The van der Waals surface area contributed by atoms with Crippen LogP contribution in [0.25, 0.3) is 4.96 Å². The van der Waals surface area contributed by atoms with E-state index in [0.29, 0.717) is 12.5 Å². The topological polar surface area (TPSA) is 46.4 Å². The van der Waals surface area contributed by atoms with Gasteiger partial charge in [0.2, 0.25) is 0 Å². The van der Waals surface area contributed by atoms with Gasteiger partial charge in [0.25, 0.3) is 5.56 Å². The van der Waals surface area contributed by atoms with Gasteiger partial charge in [-0.05, 0) is 42.7 Å². The van der Waals surface area contributed by atoms with Crippen molar-refractivity contribution >= 4 is 16.3 Å². The summed E-state index contributed by atoms with van der Waals surface area (Å²) in [5.74, 6) is 1.19. The van der Waals surface area contributed by atoms with Crippen molar-refractivity contribution in [1.82, 2.24) is 14.7 Å². The number of aryl methyl sites for hydroxylation is 1. The van der Waals surface area contributed by atoms with Gasteiger partial charge in [0.15, 0.2) is 4.96 Å². The first kappa shape index (κ1) is 20.3. The van der Waals surface area contributed by atoms with Gasteiger partial charge in [-0.3, -0.25) is 9.20 Å². The summed E-state index contributed by atoms with van der Waals surface area (Å²) >= 11 is 1.52. The number of nitrogens with one attached hydrogen (secondary N) is 1. The number of hydrogen-bond donors (Lipinski definition) is 1. The summed E-state index contributed by atoms with van der Waals surface area (Å²) in [6, 6.07) is 11.1. The van der Waals surface area contributed by atoms with Crippen molar-refractivity contribution < 1.29 is 0 Å². The molecule has 1 aliphatic rings. The Balaban J connectivity index is 1.49. The fourth-order valence-corrected chi connectivity index (χ4v) is 5.45. The van der Waals surface area contributed by atoms with Crippen molar-refractivity contribution in [2.45, 2.75) is 71.4 Å². The molecule has 0 aliphatic heterocycles. The molecule has 1 atom stereocenters. The van der Waals surface area contributed by atoms with Crippen molar-refractivity contribution in [2.24, 2.45) is 5.92 Å². The molecular weight excluding hydrogens is 378 g/mol. The van der Waals surface area contributed by atoms with Crippen LogP contribution in [0.2, 0.25) is 0 Å². The van der Waals surface area contributed by atoms with E-state index in [1.165, 1.54) is 54.6 Å². The van der Waals surface area contributed by atoms with E-state index in [4.69, 9.17) is 0 Å². The summed E-state index contributed by atoms with van der Waals surface area (Å²) < 4.78 is 1.68. The van der Waals surface area contributed by atoms with Gasteiger partial charge in [0.1, 0.15) is 0 Å². The average molecular weight is 410 g/mol. The van der Waals surface area contributed by atoms with Crippen molar-refractivity contribution in [3.05, 3.63) is 68.6 Å². The van der Waals surface area contributed by atoms with Gasteiger partial charge in [0.05, 0.1) is 5.69 Å². The van der Waals surface area contributed by atoms with Crippen LogP contribution < -0.4 is 10.9 Å². The fraction of sp³-hybridized carbons (Fsp3) is 0.500. The summed E-state index contributed by atoms with van der Waals surface area (Å²) in [6.07, 6.45) is 6.78. The normalized spacial score (nSPS) is 16.6. The van der Waals surface area contributed by atoms with E-state index in [-0.39, 0.29) is 11.6 Å². The minimum atomic E-state index is 0.00322. The quantitative estimate of drug-likeness (QED) is 0.576. The van der Waals surface area contributed by atoms with E-state index in [1.54, 1.807) is 10.5 Å². The molecule has 1 aliphatic carbocycles. The molecule has 29 heavy (non-hydrogen) atoms. The summed E-state index contributed by atoms with van der Waals surface area (Å²) in [7, 11) is 0. The first-order valence-corrected chi connectivity index (χ1v) is 11.7. The number of hydrogen-bond acceptors (Lipinski definition) is 4. The molecule has 3 aromatic rings. The molecule has 2 aromatic heterocycles. The lowest BCUT2D eigenvalue weighted by molar-refractivity contribution is 0.408. The van der Waals surface area contributed by atoms with Crippen LogP contribution in [0.1, 0.15) is 80.4 Å². The third-order valence-electron chi connectivity index (χ3n) is 6.17. The molecule has 0 amide bonds. The Labute approximate surface area is 177 Å². The van der Waals surface area contributed by atoms with E-state index in [2.05, 4.69) is 48.4 Å². The summed E-state index contributed by atoms with van der Waals surface area (Å²) in [5.41, 5.74) is 4.55. The maximum absolute atomic E-state index is 12.4. The highest BCUT2D eigenvalue weighted by molar-refractivity contribution is 7.15. The first-order valence-electron chi connectivity index (χ1n) is 10.8. The third-order valence-corrected chi connectivity index (χ3v) is 7.11. The molecule has 0 bridgehead atoms. The molecule has 1 aromatic carbocycles. The van der Waals surface area contributed by atoms with Crippen molar-refractivity contribution in [3.63, 3.8) is 0 Å². The maximum Gasteiger partial charge on any atom is 0.259 e. The highest BCUT2D eigenvalue weighted by atomic mass is 32.1. The fourth-order valence-electron chi connectivity index (χ4n) is 4.56. The number of nitrogens with zero attached hydrogens (tertiary/aromatic N) is 2. The molecule has 5 heteroatoms. The van der Waals surface area contributed by atoms with Crippen LogP contribution in [-0.4, -0.2) is 9.38 Å². The number of benzene rings is 1. The molecule has 4 rings (SSSR count). The molecule has 2 heterocycles. The summed E-state index contributed by atoms with van der Waals surface area (Å²) in [6.45, 7) is 7.01. The van der Waals surface area contributed by atoms with Crippen LogP contribution in [0, 0.1) is 12.8 Å². The van der Waals surface area contributed by atoms with Crippen LogP contribution >= 0.6 is 11.3 Å². The molecule has 0 spiro atoms. The van der Waals surface area contributed by atoms with Gasteiger partial charge in [-0.1, -0.05) is 57.4 Å². The minimum Gasteiger partial charge on any atom is -0.304 e. The van der Waals surface area contributed by atoms with Gasteiger partial charge < -0.3 is 5.32 Å². The zero-order valence-corrected chi connectivity index (χ0v) is 18.5. The monoisotopic (exact) mass is 409 g/mol. The van der Waals surface area contributed by atoms with Crippen LogP contribution in [0.15, 0.2) is 40.5 Å². The second-order valence-electron chi connectivity index (χ2n) is 8.68. The molecule has 1 saturated carbocycles. The Morgan fingerprint density at radius 2 is 1.90 bits per heavy atom. The van der Waals surface area contributed by atoms with Gasteiger partial charge in [0, 0.05) is 29.7 Å². The zero-order valence-electron chi connectivity index (χ0n) is 17.6. The van der Waals surface area contributed by atoms with Crippen molar-refractivity contribution in [2.75, 3.05) is 0 Å². The van der Waals surface area contributed by atoms with Crippen molar-refractivity contribution in [3.8, 4) is 0 Å². The molecule has 0 unspecified atom stereocenters. The van der Waals surface area contributed by atoms with E-state index in [1.807, 2.05) is 12.3 Å². The third kappa shape index (κ3) is 4.46. The molecule has 1 fully saturated rings. The summed E-state index contributed by atoms with van der Waals surface area (Å²) in [4.78, 5) is 17.9. The Hall–Kier alpha value is -1.98. The van der Waals surface area contributed by atoms with Gasteiger partial charge in [-0.25, -0.2) is 4.98 Å². The first-order chi connectivity index (χ1) is 14.0. The Kier molecular flexibility index (Phi) is 6.16. The Bertz CT molecular complexity index is 1010. The predicted octanol–water partition coefficient (Wildman–Crippen LogP) is 5.60. The van der Waals surface area contributed by atoms with Crippen LogP contribution in [0.3, 0.4) is 0 Å². The zero-order chi connectivity index (χ0) is 20.4. The van der Waals surface area contributed by atoms with Gasteiger partial charge in [-0.15, -0.1) is 11.3 Å². The smallest absolute Gasteiger partial charge is 0.259 e. The molecule has 1 N–H and O–H groups in total. The number of fused-ring (bicyclic) bond motifs is 1. The SMILES string of the molecule is Cc1csc2nc(CN[C@@H](c3ccc(C4CCCCC4)cc3)C(C)C)cc(=O)n12. The summed E-state index contributed by atoms with van der Waals surface area (Å²) in [5, 5.41) is 5.62. The van der Waals surface area contributed by atoms with Crippen molar-refractivity contribution in [1.29, 1.82) is 0 Å². The average Bonchev–Trinajstić information content (AvgIpc) is 3.10. The molecule has 4 nitrogen and oxygen atoms in total. The lowest BCUT2D eigenvalue weighted by Gasteiger charge is -2.25. The van der Waals surface area contributed by atoms with E-state index in [9.17, 15) is 4.79 Å². The molecular formula is C24H31N3OS. The highest BCUT2D eigenvalue weighted by Crippen LogP contribution is 2.33. The van der Waals surface area contributed by atoms with E-state index < -0.39 is 0 Å². The van der Waals surface area contributed by atoms with Gasteiger partial charge >= 0.3 is 0 Å². The van der Waals surface area contributed by atoms with Crippen LogP contribution in [-0.2, 0) is 6.54 Å². The minimum absolute atomic E-state index is 0.00322. The second kappa shape index (κ2) is 8.80. The largest absolute Gasteiger partial charge is 0.304 e. The van der Waals surface area contributed by atoms with Crippen LogP contribution in [0.5, 0.6) is 0 Å². The molecule has 0 saturated heterocycles. The van der Waals surface area contributed by atoms with Gasteiger partial charge in [-0.2, -0.15) is 0 Å². The Morgan fingerprint density at radius 1 is 1.17 bits per heavy atom. The number of thiazole rings is 1. The maximum atomic E-state index is 12.4. The number of aromatic nitrogens is 2. The predicted molar refractivity (Wildman–Crippen MR) is 121 cm³/mol. The van der Waals surface area contributed by atoms with E-state index in [0.717, 1.165) is 22.3 Å². The lowest BCUT2D eigenvalue weighted by atomic mass is 9.83.